The summed E-state index contributed by atoms with van der Waals surface area (Å²) in [7, 11) is 3.03. The van der Waals surface area contributed by atoms with E-state index >= 15 is 0 Å². The first kappa shape index (κ1) is 21.4. The van der Waals surface area contributed by atoms with Gasteiger partial charge in [-0.2, -0.15) is 11.8 Å². The van der Waals surface area contributed by atoms with Crippen molar-refractivity contribution >= 4 is 40.9 Å². The van der Waals surface area contributed by atoms with Gasteiger partial charge in [-0.1, -0.05) is 24.3 Å². The fourth-order valence-electron chi connectivity index (χ4n) is 3.66. The van der Waals surface area contributed by atoms with Crippen molar-refractivity contribution in [3.63, 3.8) is 0 Å². The van der Waals surface area contributed by atoms with Crippen molar-refractivity contribution in [2.45, 2.75) is 24.4 Å². The van der Waals surface area contributed by atoms with Crippen molar-refractivity contribution in [1.29, 1.82) is 0 Å². The molecule has 2 amide bonds. The van der Waals surface area contributed by atoms with Crippen LogP contribution < -0.4 is 5.32 Å². The van der Waals surface area contributed by atoms with Crippen LogP contribution in [0.25, 0.3) is 0 Å². The summed E-state index contributed by atoms with van der Waals surface area (Å²) in [5.74, 6) is -0.766. The molecule has 154 valence electrons. The largest absolute Gasteiger partial charge is 0.467 e. The molecular weight excluding hydrogens is 408 g/mol. The maximum absolute atomic E-state index is 13.5. The first-order valence-corrected chi connectivity index (χ1v) is 11.5. The van der Waals surface area contributed by atoms with Crippen LogP contribution in [0.4, 0.5) is 0 Å². The highest BCUT2D eigenvalue weighted by Gasteiger charge is 2.43. The molecular formula is C21H24N2O4S2. The number of nitrogens with one attached hydrogen (secondary N) is 1. The zero-order valence-electron chi connectivity index (χ0n) is 16.6. The standard InChI is InChI=1S/C21H24N2O4S2/c1-23-18(16-9-6-11-29-16)17(13-7-4-5-8-14(13)20(23)25)19(24)22-15(10-12-28-3)21(26)27-2/h4-9,11,15,17-18H,10,12H2,1-3H3,(H,22,24)/t15-,17-,18+/m0/s1. The molecule has 0 radical (unpaired) electrons. The highest BCUT2D eigenvalue weighted by Crippen LogP contribution is 2.43. The molecule has 6 nitrogen and oxygen atoms in total. The summed E-state index contributed by atoms with van der Waals surface area (Å²) in [5.41, 5.74) is 1.20. The molecule has 2 aromatic rings. The Balaban J connectivity index is 2.00. The summed E-state index contributed by atoms with van der Waals surface area (Å²) < 4.78 is 4.88. The number of hydrogen-bond donors (Lipinski definition) is 1. The Morgan fingerprint density at radius 2 is 2.03 bits per heavy atom. The number of thioether (sulfide) groups is 1. The first-order chi connectivity index (χ1) is 14.0. The van der Waals surface area contributed by atoms with Crippen molar-refractivity contribution in [3.8, 4) is 0 Å². The number of carbonyl (C=O) groups is 3. The molecule has 29 heavy (non-hydrogen) atoms. The predicted molar refractivity (Wildman–Crippen MR) is 115 cm³/mol. The van der Waals surface area contributed by atoms with Crippen molar-refractivity contribution in [2.24, 2.45) is 0 Å². The van der Waals surface area contributed by atoms with Gasteiger partial charge in [0.25, 0.3) is 5.91 Å². The lowest BCUT2D eigenvalue weighted by molar-refractivity contribution is -0.145. The van der Waals surface area contributed by atoms with Crippen LogP contribution in [0.2, 0.25) is 0 Å². The van der Waals surface area contributed by atoms with Crippen molar-refractivity contribution in [1.82, 2.24) is 10.2 Å². The van der Waals surface area contributed by atoms with Crippen LogP contribution in [0, 0.1) is 0 Å². The van der Waals surface area contributed by atoms with Gasteiger partial charge in [-0.25, -0.2) is 4.79 Å². The van der Waals surface area contributed by atoms with E-state index in [0.29, 0.717) is 23.3 Å². The molecule has 0 unspecified atom stereocenters. The number of methoxy groups -OCH3 is 1. The van der Waals surface area contributed by atoms with Crippen LogP contribution in [0.3, 0.4) is 0 Å². The minimum Gasteiger partial charge on any atom is -0.467 e. The van der Waals surface area contributed by atoms with E-state index in [9.17, 15) is 14.4 Å². The Bertz CT molecular complexity index is 885. The molecule has 8 heteroatoms. The van der Waals surface area contributed by atoms with E-state index in [-0.39, 0.29) is 11.8 Å². The topological polar surface area (TPSA) is 75.7 Å². The molecule has 0 aliphatic carbocycles. The summed E-state index contributed by atoms with van der Waals surface area (Å²) in [4.78, 5) is 41.1. The lowest BCUT2D eigenvalue weighted by Gasteiger charge is -2.39. The van der Waals surface area contributed by atoms with Crippen LogP contribution in [0.5, 0.6) is 0 Å². The van der Waals surface area contributed by atoms with Crippen molar-refractivity contribution in [3.05, 3.63) is 57.8 Å². The van der Waals surface area contributed by atoms with Crippen LogP contribution in [-0.2, 0) is 14.3 Å². The zero-order valence-corrected chi connectivity index (χ0v) is 18.2. The fraction of sp³-hybridized carbons (Fsp3) is 0.381. The highest BCUT2D eigenvalue weighted by molar-refractivity contribution is 7.98. The van der Waals surface area contributed by atoms with Crippen molar-refractivity contribution in [2.75, 3.05) is 26.2 Å². The van der Waals surface area contributed by atoms with Gasteiger partial charge in [0.2, 0.25) is 5.91 Å². The molecule has 0 bridgehead atoms. The van der Waals surface area contributed by atoms with E-state index in [1.165, 1.54) is 18.4 Å². The van der Waals surface area contributed by atoms with Gasteiger partial charge >= 0.3 is 5.97 Å². The average molecular weight is 433 g/mol. The van der Waals surface area contributed by atoms with E-state index in [0.717, 1.165) is 4.88 Å². The summed E-state index contributed by atoms with van der Waals surface area (Å²) in [6.45, 7) is 0. The van der Waals surface area contributed by atoms with Gasteiger partial charge < -0.3 is 15.0 Å². The number of benzene rings is 1. The van der Waals surface area contributed by atoms with E-state index in [2.05, 4.69) is 5.32 Å². The number of thiophene rings is 1. The Morgan fingerprint density at radius 1 is 1.28 bits per heavy atom. The number of likely N-dealkylation sites (N-methyl/N-ethyl adjacent to an activating group) is 1. The molecule has 3 rings (SSSR count). The molecule has 1 N–H and O–H groups in total. The Morgan fingerprint density at radius 3 is 2.69 bits per heavy atom. The van der Waals surface area contributed by atoms with Gasteiger partial charge in [0.15, 0.2) is 0 Å². The van der Waals surface area contributed by atoms with Gasteiger partial charge in [-0.05, 0) is 41.5 Å². The molecule has 1 aromatic carbocycles. The third-order valence-electron chi connectivity index (χ3n) is 5.11. The molecule has 0 saturated heterocycles. The van der Waals surface area contributed by atoms with E-state index in [1.54, 1.807) is 35.8 Å². The molecule has 0 spiro atoms. The SMILES string of the molecule is COC(=O)[C@H](CCSC)NC(=O)[C@H]1c2ccccc2C(=O)N(C)[C@@H]1c1cccs1. The second kappa shape index (κ2) is 9.45. The van der Waals surface area contributed by atoms with Gasteiger partial charge in [-0.15, -0.1) is 11.3 Å². The lowest BCUT2D eigenvalue weighted by atomic mass is 9.81. The van der Waals surface area contributed by atoms with E-state index < -0.39 is 24.0 Å². The monoisotopic (exact) mass is 432 g/mol. The minimum absolute atomic E-state index is 0.116. The van der Waals surface area contributed by atoms with Crippen LogP contribution in [-0.4, -0.2) is 54.9 Å². The van der Waals surface area contributed by atoms with Crippen LogP contribution in [0.1, 0.15) is 39.2 Å². The average Bonchev–Trinajstić information content (AvgIpc) is 3.27. The molecule has 3 atom stereocenters. The smallest absolute Gasteiger partial charge is 0.328 e. The van der Waals surface area contributed by atoms with Gasteiger partial charge in [0.1, 0.15) is 6.04 Å². The zero-order chi connectivity index (χ0) is 21.0. The third-order valence-corrected chi connectivity index (χ3v) is 6.70. The number of hydrogen-bond acceptors (Lipinski definition) is 6. The predicted octanol–water partition coefficient (Wildman–Crippen LogP) is 3.07. The minimum atomic E-state index is -0.723. The number of ether oxygens (including phenoxy) is 1. The number of rotatable bonds is 7. The Labute approximate surface area is 178 Å². The molecule has 0 saturated carbocycles. The summed E-state index contributed by atoms with van der Waals surface area (Å²) in [6.07, 6.45) is 2.42. The number of nitrogens with zero attached hydrogens (tertiary/aromatic N) is 1. The Hall–Kier alpha value is -2.32. The van der Waals surface area contributed by atoms with Crippen LogP contribution >= 0.6 is 23.1 Å². The second-order valence-electron chi connectivity index (χ2n) is 6.81. The summed E-state index contributed by atoms with van der Waals surface area (Å²) in [5, 5.41) is 4.81. The molecule has 1 aromatic heterocycles. The molecule has 1 aliphatic heterocycles. The number of esters is 1. The second-order valence-corrected chi connectivity index (χ2v) is 8.77. The maximum atomic E-state index is 13.5. The van der Waals surface area contributed by atoms with E-state index in [1.807, 2.05) is 35.9 Å². The number of carbonyl (C=O) groups excluding carboxylic acids is 3. The quantitative estimate of drug-likeness (QED) is 0.681. The fourth-order valence-corrected chi connectivity index (χ4v) is 5.04. The van der Waals surface area contributed by atoms with Gasteiger partial charge in [-0.3, -0.25) is 9.59 Å². The molecule has 2 heterocycles. The number of amides is 2. The maximum Gasteiger partial charge on any atom is 0.328 e. The lowest BCUT2D eigenvalue weighted by Crippen LogP contribution is -2.49. The van der Waals surface area contributed by atoms with Gasteiger partial charge in [0, 0.05) is 17.5 Å². The Kier molecular flexibility index (Phi) is 6.97. The van der Waals surface area contributed by atoms with Crippen molar-refractivity contribution < 1.29 is 19.1 Å². The number of fused-ring (bicyclic) bond motifs is 1. The van der Waals surface area contributed by atoms with Gasteiger partial charge in [0.05, 0.1) is 19.1 Å². The normalized spacial score (nSPS) is 19.4. The molecule has 0 fully saturated rings. The first-order valence-electron chi connectivity index (χ1n) is 9.26. The summed E-state index contributed by atoms with van der Waals surface area (Å²) >= 11 is 3.10. The molecule has 1 aliphatic rings. The third kappa shape index (κ3) is 4.33. The van der Waals surface area contributed by atoms with E-state index in [4.69, 9.17) is 4.74 Å². The van der Waals surface area contributed by atoms with Crippen LogP contribution in [0.15, 0.2) is 41.8 Å². The highest BCUT2D eigenvalue weighted by atomic mass is 32.2. The summed E-state index contributed by atoms with van der Waals surface area (Å²) in [6, 6.07) is 9.86.